The number of likely N-dealkylation sites (tertiary alicyclic amines) is 2. The Kier molecular flexibility index (Phi) is 7.57. The first-order valence-corrected chi connectivity index (χ1v) is 7.18. The maximum Gasteiger partial charge on any atom is 0.394 e. The van der Waals surface area contributed by atoms with Gasteiger partial charge in [0.05, 0.1) is 0 Å². The maximum atomic E-state index is 10.5. The second-order valence-corrected chi connectivity index (χ2v) is 5.18. The predicted octanol–water partition coefficient (Wildman–Crippen LogP) is -0.176. The van der Waals surface area contributed by atoms with E-state index in [-0.39, 0.29) is 0 Å². The van der Waals surface area contributed by atoms with Gasteiger partial charge in [0.15, 0.2) is 0 Å². The zero-order chi connectivity index (χ0) is 15.1. The van der Waals surface area contributed by atoms with Gasteiger partial charge in [-0.15, -0.1) is 0 Å². The van der Waals surface area contributed by atoms with Crippen molar-refractivity contribution in [2.45, 2.75) is 25.7 Å². The van der Waals surface area contributed by atoms with Crippen LogP contribution in [-0.2, 0) is 20.0 Å². The zero-order valence-electron chi connectivity index (χ0n) is 11.1. The summed E-state index contributed by atoms with van der Waals surface area (Å²) in [5.41, 5.74) is 0. The number of hydrogen-bond acceptors (Lipinski definition) is 4. The highest BCUT2D eigenvalue weighted by atomic mass is 32.3. The van der Waals surface area contributed by atoms with Crippen molar-refractivity contribution in [1.82, 2.24) is 9.80 Å². The van der Waals surface area contributed by atoms with E-state index in [1.54, 1.807) is 9.80 Å². The Balaban J connectivity index is 0.000000261. The summed E-state index contributed by atoms with van der Waals surface area (Å²) in [5, 5.41) is 0. The van der Waals surface area contributed by atoms with E-state index in [4.69, 9.17) is 17.5 Å². The molecule has 8 nitrogen and oxygen atoms in total. The van der Waals surface area contributed by atoms with Crippen LogP contribution in [0.2, 0.25) is 0 Å². The summed E-state index contributed by atoms with van der Waals surface area (Å²) >= 11 is 0. The van der Waals surface area contributed by atoms with Crippen LogP contribution in [0.5, 0.6) is 0 Å². The molecule has 2 saturated heterocycles. The third-order valence-corrected chi connectivity index (χ3v) is 2.62. The Hall–Kier alpha value is -1.19. The summed E-state index contributed by atoms with van der Waals surface area (Å²) < 4.78 is 31.6. The van der Waals surface area contributed by atoms with Crippen molar-refractivity contribution in [2.24, 2.45) is 0 Å². The molecule has 0 aliphatic carbocycles. The van der Waals surface area contributed by atoms with E-state index >= 15 is 0 Å². The minimum Gasteiger partial charge on any atom is -0.346 e. The summed E-state index contributed by atoms with van der Waals surface area (Å²) in [4.78, 5) is 24.5. The van der Waals surface area contributed by atoms with E-state index in [1.807, 2.05) is 14.1 Å². The number of carbonyl (C=O) groups excluding carboxylic acids is 2. The van der Waals surface area contributed by atoms with Crippen molar-refractivity contribution in [3.63, 3.8) is 0 Å². The SMILES string of the molecule is CN1CCCC1=O.CN1CCCC1=O.O=S(=O)(O)O. The average Bonchev–Trinajstić information content (AvgIpc) is 2.77. The molecule has 0 aromatic carbocycles. The van der Waals surface area contributed by atoms with Gasteiger partial charge in [-0.3, -0.25) is 18.7 Å². The number of nitrogens with zero attached hydrogens (tertiary/aromatic N) is 2. The van der Waals surface area contributed by atoms with Crippen LogP contribution in [0.3, 0.4) is 0 Å². The van der Waals surface area contributed by atoms with Gasteiger partial charge >= 0.3 is 10.4 Å². The Morgan fingerprint density at radius 1 is 0.895 bits per heavy atom. The van der Waals surface area contributed by atoms with Gasteiger partial charge in [0, 0.05) is 40.0 Å². The molecule has 0 saturated carbocycles. The lowest BCUT2D eigenvalue weighted by Gasteiger charge is -2.03. The fraction of sp³-hybridized carbons (Fsp3) is 0.800. The van der Waals surface area contributed by atoms with Gasteiger partial charge in [0.25, 0.3) is 0 Å². The standard InChI is InChI=1S/2C5H9NO.H2O4S/c2*1-6-4-2-3-5(6)7;1-5(2,3)4/h2*2-4H2,1H3;(H2,1,2,3,4). The third kappa shape index (κ3) is 10.4. The fourth-order valence-electron chi connectivity index (χ4n) is 1.57. The maximum absolute atomic E-state index is 10.5. The predicted molar refractivity (Wildman–Crippen MR) is 67.9 cm³/mol. The third-order valence-electron chi connectivity index (χ3n) is 2.62. The van der Waals surface area contributed by atoms with Crippen LogP contribution in [0.15, 0.2) is 0 Å². The van der Waals surface area contributed by atoms with E-state index in [9.17, 15) is 9.59 Å². The summed E-state index contributed by atoms with van der Waals surface area (Å²) in [6.45, 7) is 1.91. The molecule has 2 heterocycles. The van der Waals surface area contributed by atoms with Gasteiger partial charge in [0.2, 0.25) is 11.8 Å². The lowest BCUT2D eigenvalue weighted by molar-refractivity contribution is -0.127. The van der Waals surface area contributed by atoms with Crippen LogP contribution >= 0.6 is 0 Å². The number of rotatable bonds is 0. The summed E-state index contributed by atoms with van der Waals surface area (Å²) in [6.07, 6.45) is 3.62. The molecule has 2 aliphatic rings. The van der Waals surface area contributed by atoms with E-state index in [0.29, 0.717) is 11.8 Å². The average molecular weight is 296 g/mol. The van der Waals surface area contributed by atoms with Gasteiger partial charge in [-0.1, -0.05) is 0 Å². The summed E-state index contributed by atoms with van der Waals surface area (Å²) in [5.74, 6) is 0.583. The highest BCUT2D eigenvalue weighted by molar-refractivity contribution is 7.79. The molecule has 0 atom stereocenters. The molecular weight excluding hydrogens is 276 g/mol. The topological polar surface area (TPSA) is 115 Å². The first-order chi connectivity index (χ1) is 8.61. The highest BCUT2D eigenvalue weighted by Gasteiger charge is 2.14. The number of amides is 2. The van der Waals surface area contributed by atoms with Crippen LogP contribution in [0.25, 0.3) is 0 Å². The van der Waals surface area contributed by atoms with Crippen molar-refractivity contribution >= 4 is 22.2 Å². The second kappa shape index (κ2) is 8.08. The molecule has 2 amide bonds. The highest BCUT2D eigenvalue weighted by Crippen LogP contribution is 2.05. The zero-order valence-corrected chi connectivity index (χ0v) is 11.9. The molecule has 9 heteroatoms. The smallest absolute Gasteiger partial charge is 0.346 e. The Morgan fingerprint density at radius 2 is 1.16 bits per heavy atom. The van der Waals surface area contributed by atoms with E-state index < -0.39 is 10.4 Å². The lowest BCUT2D eigenvalue weighted by atomic mass is 10.4. The Bertz CT molecular complexity index is 376. The number of hydrogen-bond donors (Lipinski definition) is 2. The van der Waals surface area contributed by atoms with Gasteiger partial charge in [-0.2, -0.15) is 8.42 Å². The molecule has 0 aromatic heterocycles. The minimum atomic E-state index is -4.67. The first kappa shape index (κ1) is 17.8. The van der Waals surface area contributed by atoms with Gasteiger partial charge < -0.3 is 9.80 Å². The van der Waals surface area contributed by atoms with Crippen molar-refractivity contribution in [1.29, 1.82) is 0 Å². The van der Waals surface area contributed by atoms with E-state index in [2.05, 4.69) is 0 Å². The van der Waals surface area contributed by atoms with Crippen LogP contribution in [0, 0.1) is 0 Å². The normalized spacial score (nSPS) is 18.7. The van der Waals surface area contributed by atoms with Crippen molar-refractivity contribution < 1.29 is 27.1 Å². The molecule has 19 heavy (non-hydrogen) atoms. The van der Waals surface area contributed by atoms with Gasteiger partial charge in [-0.25, -0.2) is 0 Å². The summed E-state index contributed by atoms with van der Waals surface area (Å²) in [6, 6.07) is 0. The molecule has 2 N–H and O–H groups in total. The van der Waals surface area contributed by atoms with Crippen LogP contribution < -0.4 is 0 Å². The first-order valence-electron chi connectivity index (χ1n) is 5.79. The lowest BCUT2D eigenvalue weighted by Crippen LogP contribution is -2.17. The number of carbonyl (C=O) groups is 2. The molecule has 2 rings (SSSR count). The quantitative estimate of drug-likeness (QED) is 0.599. The van der Waals surface area contributed by atoms with Crippen molar-refractivity contribution in [3.8, 4) is 0 Å². The molecule has 0 bridgehead atoms. The monoisotopic (exact) mass is 296 g/mol. The van der Waals surface area contributed by atoms with E-state index in [0.717, 1.165) is 38.8 Å². The molecular formula is C10H20N2O6S. The Morgan fingerprint density at radius 3 is 1.21 bits per heavy atom. The van der Waals surface area contributed by atoms with Gasteiger partial charge in [-0.05, 0) is 12.8 Å². The van der Waals surface area contributed by atoms with Crippen molar-refractivity contribution in [2.75, 3.05) is 27.2 Å². The van der Waals surface area contributed by atoms with Crippen LogP contribution in [0.1, 0.15) is 25.7 Å². The fourth-order valence-corrected chi connectivity index (χ4v) is 1.57. The Labute approximate surface area is 112 Å². The molecule has 112 valence electrons. The molecule has 0 unspecified atom stereocenters. The van der Waals surface area contributed by atoms with Crippen molar-refractivity contribution in [3.05, 3.63) is 0 Å². The molecule has 0 spiro atoms. The largest absolute Gasteiger partial charge is 0.394 e. The second-order valence-electron chi connectivity index (χ2n) is 4.29. The minimum absolute atomic E-state index is 0.292. The van der Waals surface area contributed by atoms with E-state index in [1.165, 1.54) is 0 Å². The molecule has 0 radical (unpaired) electrons. The molecule has 2 aliphatic heterocycles. The summed E-state index contributed by atoms with van der Waals surface area (Å²) in [7, 11) is -0.981. The molecule has 0 aromatic rings. The van der Waals surface area contributed by atoms with Crippen LogP contribution in [0.4, 0.5) is 0 Å². The van der Waals surface area contributed by atoms with Gasteiger partial charge in [0.1, 0.15) is 0 Å². The molecule has 2 fully saturated rings. The van der Waals surface area contributed by atoms with Crippen LogP contribution in [-0.4, -0.2) is 66.3 Å².